The normalized spacial score (nSPS) is 9.64. The number of pyridine rings is 1. The molecule has 0 amide bonds. The second-order valence-corrected chi connectivity index (χ2v) is 2.18. The van der Waals surface area contributed by atoms with Gasteiger partial charge in [0.05, 0.1) is 11.3 Å². The number of anilines is 1. The number of nitrogens with two attached hydrogens (primary N) is 1. The van der Waals surface area contributed by atoms with E-state index in [2.05, 4.69) is 4.98 Å². The molecule has 1 aromatic heterocycles. The molecular formula is C6H4ClFN2O. The third-order valence-corrected chi connectivity index (χ3v) is 1.36. The molecule has 2 N–H and O–H groups in total. The molecule has 11 heavy (non-hydrogen) atoms. The van der Waals surface area contributed by atoms with Crippen molar-refractivity contribution in [3.05, 3.63) is 23.8 Å². The Kier molecular flexibility index (Phi) is 2.05. The third kappa shape index (κ3) is 1.46. The highest BCUT2D eigenvalue weighted by Crippen LogP contribution is 2.14. The highest BCUT2D eigenvalue weighted by Gasteiger charge is 2.10. The van der Waals surface area contributed by atoms with E-state index < -0.39 is 11.2 Å². The first-order valence-electron chi connectivity index (χ1n) is 2.72. The summed E-state index contributed by atoms with van der Waals surface area (Å²) < 4.78 is 12.5. The molecule has 1 heterocycles. The van der Waals surface area contributed by atoms with Gasteiger partial charge in [-0.25, -0.2) is 4.98 Å². The first-order chi connectivity index (χ1) is 5.13. The van der Waals surface area contributed by atoms with Crippen molar-refractivity contribution < 1.29 is 9.18 Å². The second kappa shape index (κ2) is 2.84. The van der Waals surface area contributed by atoms with E-state index in [9.17, 15) is 9.18 Å². The fraction of sp³-hybridized carbons (Fsp3) is 0. The smallest absolute Gasteiger partial charge is 0.254 e. The van der Waals surface area contributed by atoms with E-state index in [4.69, 9.17) is 17.3 Å². The van der Waals surface area contributed by atoms with Gasteiger partial charge in [-0.05, 0) is 17.7 Å². The number of hydrogen-bond acceptors (Lipinski definition) is 3. The Morgan fingerprint density at radius 1 is 1.73 bits per heavy atom. The minimum Gasteiger partial charge on any atom is -0.394 e. The van der Waals surface area contributed by atoms with Gasteiger partial charge in [-0.2, -0.15) is 4.39 Å². The van der Waals surface area contributed by atoms with Crippen LogP contribution in [-0.2, 0) is 0 Å². The average Bonchev–Trinajstić information content (AvgIpc) is 1.94. The maximum absolute atomic E-state index is 12.5. The lowest BCUT2D eigenvalue weighted by Gasteiger charge is -1.98. The maximum atomic E-state index is 12.5. The van der Waals surface area contributed by atoms with E-state index in [1.54, 1.807) is 0 Å². The van der Waals surface area contributed by atoms with Crippen LogP contribution in [0, 0.1) is 5.95 Å². The monoisotopic (exact) mass is 174 g/mol. The summed E-state index contributed by atoms with van der Waals surface area (Å²) in [5.41, 5.74) is 4.77. The van der Waals surface area contributed by atoms with Gasteiger partial charge in [0, 0.05) is 6.20 Å². The Labute approximate surface area is 67.0 Å². The maximum Gasteiger partial charge on any atom is 0.254 e. The standard InChI is InChI=1S/C6H4ClFN2O/c7-5(11)3-1-2-10-6(8)4(3)9/h1-2H,9H2. The zero-order valence-corrected chi connectivity index (χ0v) is 6.10. The molecule has 0 aliphatic rings. The molecule has 0 aliphatic carbocycles. The molecule has 0 aliphatic heterocycles. The Bertz CT molecular complexity index is 303. The first-order valence-corrected chi connectivity index (χ1v) is 3.10. The molecule has 1 aromatic rings. The quantitative estimate of drug-likeness (QED) is 0.514. The molecule has 58 valence electrons. The van der Waals surface area contributed by atoms with Crippen molar-refractivity contribution in [1.29, 1.82) is 0 Å². The fourth-order valence-electron chi connectivity index (χ4n) is 0.619. The van der Waals surface area contributed by atoms with Crippen LogP contribution in [0.3, 0.4) is 0 Å². The third-order valence-electron chi connectivity index (χ3n) is 1.15. The second-order valence-electron chi connectivity index (χ2n) is 1.84. The summed E-state index contributed by atoms with van der Waals surface area (Å²) in [7, 11) is 0. The molecule has 0 saturated heterocycles. The molecule has 0 bridgehead atoms. The average molecular weight is 175 g/mol. The van der Waals surface area contributed by atoms with Crippen molar-refractivity contribution in [2.45, 2.75) is 0 Å². The fourth-order valence-corrected chi connectivity index (χ4v) is 0.784. The van der Waals surface area contributed by atoms with Crippen molar-refractivity contribution in [3.63, 3.8) is 0 Å². The summed E-state index contributed by atoms with van der Waals surface area (Å²) in [5.74, 6) is -0.878. The van der Waals surface area contributed by atoms with Gasteiger partial charge in [-0.15, -0.1) is 0 Å². The molecule has 0 unspecified atom stereocenters. The molecule has 0 atom stereocenters. The zero-order chi connectivity index (χ0) is 8.43. The largest absolute Gasteiger partial charge is 0.394 e. The first kappa shape index (κ1) is 7.94. The van der Waals surface area contributed by atoms with Crippen LogP contribution in [0.2, 0.25) is 0 Å². The molecule has 3 nitrogen and oxygen atoms in total. The van der Waals surface area contributed by atoms with E-state index in [-0.39, 0.29) is 11.3 Å². The van der Waals surface area contributed by atoms with Crippen LogP contribution in [-0.4, -0.2) is 10.2 Å². The number of aromatic nitrogens is 1. The molecule has 0 radical (unpaired) electrons. The summed E-state index contributed by atoms with van der Waals surface area (Å²) >= 11 is 5.07. The highest BCUT2D eigenvalue weighted by molar-refractivity contribution is 6.68. The van der Waals surface area contributed by atoms with Crippen molar-refractivity contribution in [1.82, 2.24) is 4.98 Å². The topological polar surface area (TPSA) is 56.0 Å². The van der Waals surface area contributed by atoms with Crippen LogP contribution in [0.1, 0.15) is 10.4 Å². The molecule has 0 saturated carbocycles. The molecule has 0 fully saturated rings. The van der Waals surface area contributed by atoms with E-state index >= 15 is 0 Å². The number of carbonyl (C=O) groups is 1. The Hall–Kier alpha value is -1.16. The van der Waals surface area contributed by atoms with Crippen molar-refractivity contribution in [3.8, 4) is 0 Å². The summed E-state index contributed by atoms with van der Waals surface area (Å²) in [4.78, 5) is 13.7. The van der Waals surface area contributed by atoms with Gasteiger partial charge in [0.25, 0.3) is 5.24 Å². The van der Waals surface area contributed by atoms with E-state index in [1.165, 1.54) is 6.07 Å². The van der Waals surface area contributed by atoms with Crippen molar-refractivity contribution >= 4 is 22.5 Å². The Morgan fingerprint density at radius 2 is 2.36 bits per heavy atom. The van der Waals surface area contributed by atoms with Gasteiger partial charge in [0.15, 0.2) is 0 Å². The van der Waals surface area contributed by atoms with Gasteiger partial charge in [-0.1, -0.05) is 0 Å². The minimum absolute atomic E-state index is 0.0563. The minimum atomic E-state index is -0.878. The van der Waals surface area contributed by atoms with Crippen LogP contribution in [0.25, 0.3) is 0 Å². The summed E-state index contributed by atoms with van der Waals surface area (Å²) in [6, 6.07) is 1.26. The van der Waals surface area contributed by atoms with E-state index in [0.717, 1.165) is 6.20 Å². The van der Waals surface area contributed by atoms with Crippen LogP contribution >= 0.6 is 11.6 Å². The van der Waals surface area contributed by atoms with Gasteiger partial charge >= 0.3 is 0 Å². The number of carbonyl (C=O) groups excluding carboxylic acids is 1. The number of halogens is 2. The van der Waals surface area contributed by atoms with Crippen LogP contribution in [0.5, 0.6) is 0 Å². The summed E-state index contributed by atoms with van der Waals surface area (Å²) in [6.45, 7) is 0. The van der Waals surface area contributed by atoms with E-state index in [0.29, 0.717) is 0 Å². The lowest BCUT2D eigenvalue weighted by atomic mass is 10.2. The molecular weight excluding hydrogens is 171 g/mol. The lowest BCUT2D eigenvalue weighted by Crippen LogP contribution is -2.01. The summed E-state index contributed by atoms with van der Waals surface area (Å²) in [5, 5.41) is -0.788. The predicted molar refractivity (Wildman–Crippen MR) is 38.8 cm³/mol. The van der Waals surface area contributed by atoms with Crippen LogP contribution < -0.4 is 5.73 Å². The SMILES string of the molecule is Nc1c(C(=O)Cl)ccnc1F. The number of nitrogens with zero attached hydrogens (tertiary/aromatic N) is 1. The molecule has 0 aromatic carbocycles. The summed E-state index contributed by atoms with van der Waals surface area (Å²) in [6.07, 6.45) is 1.13. The van der Waals surface area contributed by atoms with Crippen LogP contribution in [0.15, 0.2) is 12.3 Å². The van der Waals surface area contributed by atoms with Crippen molar-refractivity contribution in [2.75, 3.05) is 5.73 Å². The highest BCUT2D eigenvalue weighted by atomic mass is 35.5. The number of nitrogen functional groups attached to an aromatic ring is 1. The van der Waals surface area contributed by atoms with Gasteiger partial charge in [0.2, 0.25) is 5.95 Å². The predicted octanol–water partition coefficient (Wildman–Crippen LogP) is 1.18. The van der Waals surface area contributed by atoms with Gasteiger partial charge in [0.1, 0.15) is 0 Å². The Morgan fingerprint density at radius 3 is 2.82 bits per heavy atom. The van der Waals surface area contributed by atoms with E-state index in [1.807, 2.05) is 0 Å². The van der Waals surface area contributed by atoms with Crippen molar-refractivity contribution in [2.24, 2.45) is 0 Å². The number of rotatable bonds is 1. The van der Waals surface area contributed by atoms with Gasteiger partial charge < -0.3 is 5.73 Å². The Balaban J connectivity index is 3.27. The lowest BCUT2D eigenvalue weighted by molar-refractivity contribution is 0.108. The van der Waals surface area contributed by atoms with Crippen LogP contribution in [0.4, 0.5) is 10.1 Å². The molecule has 1 rings (SSSR count). The van der Waals surface area contributed by atoms with Gasteiger partial charge in [-0.3, -0.25) is 4.79 Å². The molecule has 0 spiro atoms. The zero-order valence-electron chi connectivity index (χ0n) is 5.34. The molecule has 5 heteroatoms. The number of hydrogen-bond donors (Lipinski definition) is 1.